The summed E-state index contributed by atoms with van der Waals surface area (Å²) >= 11 is 0. The van der Waals surface area contributed by atoms with Crippen LogP contribution in [0, 0.1) is 28.7 Å². The molecule has 8 heteroatoms. The lowest BCUT2D eigenvalue weighted by molar-refractivity contribution is -0.386. The fraction of sp³-hybridized carbons (Fsp3) is 0.0909. The molecule has 0 aliphatic rings. The SMILES string of the molecule is Cc1onc(C(=O)c2c(F)cccc2F)c1[N+](=O)[O-]. The van der Waals surface area contributed by atoms with Gasteiger partial charge < -0.3 is 4.52 Å². The number of nitrogens with zero attached hydrogens (tertiary/aromatic N) is 2. The van der Waals surface area contributed by atoms with Gasteiger partial charge in [-0.15, -0.1) is 0 Å². The molecule has 0 atom stereocenters. The standard InChI is InChI=1S/C11H6F2N2O4/c1-5-10(15(17)18)9(14-19-5)11(16)8-6(12)3-2-4-7(8)13/h2-4H,1H3. The molecule has 1 aromatic heterocycles. The van der Waals surface area contributed by atoms with E-state index in [0.717, 1.165) is 18.2 Å². The van der Waals surface area contributed by atoms with Crippen molar-refractivity contribution in [3.63, 3.8) is 0 Å². The number of carbonyl (C=O) groups is 1. The molecule has 0 unspecified atom stereocenters. The van der Waals surface area contributed by atoms with Crippen molar-refractivity contribution >= 4 is 11.5 Å². The maximum absolute atomic E-state index is 13.4. The molecule has 0 fully saturated rings. The quantitative estimate of drug-likeness (QED) is 0.484. The number of carbonyl (C=O) groups excluding carboxylic acids is 1. The Labute approximate surface area is 104 Å². The zero-order valence-corrected chi connectivity index (χ0v) is 9.52. The Hall–Kier alpha value is -2.64. The van der Waals surface area contributed by atoms with E-state index in [2.05, 4.69) is 9.68 Å². The van der Waals surface area contributed by atoms with E-state index >= 15 is 0 Å². The van der Waals surface area contributed by atoms with Gasteiger partial charge in [0.15, 0.2) is 0 Å². The largest absolute Gasteiger partial charge is 0.353 e. The first kappa shape index (κ1) is 12.8. The lowest BCUT2D eigenvalue weighted by Gasteiger charge is -2.00. The van der Waals surface area contributed by atoms with Gasteiger partial charge in [0.2, 0.25) is 17.2 Å². The van der Waals surface area contributed by atoms with Gasteiger partial charge in [-0.1, -0.05) is 11.2 Å². The van der Waals surface area contributed by atoms with Gasteiger partial charge in [0.05, 0.1) is 10.5 Å². The number of benzene rings is 1. The molecule has 0 bridgehead atoms. The fourth-order valence-electron chi connectivity index (χ4n) is 1.56. The highest BCUT2D eigenvalue weighted by atomic mass is 19.1. The number of ketones is 1. The number of hydrogen-bond donors (Lipinski definition) is 0. The number of nitro groups is 1. The van der Waals surface area contributed by atoms with E-state index in [9.17, 15) is 23.7 Å². The molecule has 19 heavy (non-hydrogen) atoms. The van der Waals surface area contributed by atoms with Crippen LogP contribution in [0.5, 0.6) is 0 Å². The predicted octanol–water partition coefficient (Wildman–Crippen LogP) is 2.40. The summed E-state index contributed by atoms with van der Waals surface area (Å²) in [7, 11) is 0. The van der Waals surface area contributed by atoms with E-state index in [4.69, 9.17) is 0 Å². The summed E-state index contributed by atoms with van der Waals surface area (Å²) in [6.07, 6.45) is 0. The van der Waals surface area contributed by atoms with Crippen molar-refractivity contribution in [2.45, 2.75) is 6.92 Å². The molecule has 0 saturated carbocycles. The average molecular weight is 268 g/mol. The van der Waals surface area contributed by atoms with Gasteiger partial charge in [0, 0.05) is 6.92 Å². The van der Waals surface area contributed by atoms with Crippen LogP contribution in [0.15, 0.2) is 22.7 Å². The Kier molecular flexibility index (Phi) is 3.07. The molecular formula is C11H6F2N2O4. The minimum absolute atomic E-state index is 0.218. The first-order chi connectivity index (χ1) is 8.93. The van der Waals surface area contributed by atoms with Crippen LogP contribution < -0.4 is 0 Å². The minimum atomic E-state index is -1.24. The predicted molar refractivity (Wildman–Crippen MR) is 57.7 cm³/mol. The molecule has 0 N–H and O–H groups in total. The van der Waals surface area contributed by atoms with Crippen LogP contribution in [0.2, 0.25) is 0 Å². The van der Waals surface area contributed by atoms with Gasteiger partial charge in [0.1, 0.15) is 11.6 Å². The van der Waals surface area contributed by atoms with Gasteiger partial charge in [0.25, 0.3) is 0 Å². The molecule has 98 valence electrons. The maximum atomic E-state index is 13.4. The summed E-state index contributed by atoms with van der Waals surface area (Å²) in [5.74, 6) is -3.70. The monoisotopic (exact) mass is 268 g/mol. The molecule has 0 aliphatic carbocycles. The lowest BCUT2D eigenvalue weighted by Crippen LogP contribution is -2.10. The van der Waals surface area contributed by atoms with Crippen LogP contribution in [-0.2, 0) is 0 Å². The Morgan fingerprint density at radius 3 is 2.47 bits per heavy atom. The second kappa shape index (κ2) is 4.56. The van der Waals surface area contributed by atoms with Crippen LogP contribution in [-0.4, -0.2) is 15.9 Å². The number of aryl methyl sites for hydroxylation is 1. The Bertz CT molecular complexity index is 661. The third-order valence-corrected chi connectivity index (χ3v) is 2.42. The van der Waals surface area contributed by atoms with Crippen molar-refractivity contribution in [1.82, 2.24) is 5.16 Å². The van der Waals surface area contributed by atoms with E-state index in [1.54, 1.807) is 0 Å². The normalized spacial score (nSPS) is 10.5. The molecule has 0 saturated heterocycles. The number of aromatic nitrogens is 1. The van der Waals surface area contributed by atoms with Crippen LogP contribution >= 0.6 is 0 Å². The zero-order valence-electron chi connectivity index (χ0n) is 9.52. The van der Waals surface area contributed by atoms with Crippen LogP contribution in [0.4, 0.5) is 14.5 Å². The molecule has 6 nitrogen and oxygen atoms in total. The second-order valence-electron chi connectivity index (χ2n) is 3.62. The van der Waals surface area contributed by atoms with Crippen molar-refractivity contribution in [1.29, 1.82) is 0 Å². The van der Waals surface area contributed by atoms with E-state index in [1.165, 1.54) is 6.92 Å². The molecule has 0 spiro atoms. The lowest BCUT2D eigenvalue weighted by atomic mass is 10.1. The van der Waals surface area contributed by atoms with E-state index in [1.807, 2.05) is 0 Å². The summed E-state index contributed by atoms with van der Waals surface area (Å²) in [4.78, 5) is 21.8. The van der Waals surface area contributed by atoms with E-state index < -0.39 is 39.3 Å². The summed E-state index contributed by atoms with van der Waals surface area (Å²) in [5, 5.41) is 14.0. The van der Waals surface area contributed by atoms with Crippen LogP contribution in [0.25, 0.3) is 0 Å². The molecular weight excluding hydrogens is 262 g/mol. The number of rotatable bonds is 3. The second-order valence-corrected chi connectivity index (χ2v) is 3.62. The molecule has 0 radical (unpaired) electrons. The van der Waals surface area contributed by atoms with Gasteiger partial charge in [-0.2, -0.15) is 0 Å². The molecule has 0 amide bonds. The highest BCUT2D eigenvalue weighted by molar-refractivity contribution is 6.10. The van der Waals surface area contributed by atoms with Crippen LogP contribution in [0.3, 0.4) is 0 Å². The van der Waals surface area contributed by atoms with E-state index in [-0.39, 0.29) is 5.76 Å². The number of halogens is 2. The molecule has 1 aromatic carbocycles. The van der Waals surface area contributed by atoms with E-state index in [0.29, 0.717) is 0 Å². The zero-order chi connectivity index (χ0) is 14.2. The van der Waals surface area contributed by atoms with Crippen molar-refractivity contribution in [3.05, 3.63) is 57.0 Å². The van der Waals surface area contributed by atoms with Crippen molar-refractivity contribution in [3.8, 4) is 0 Å². The third kappa shape index (κ3) is 2.07. The van der Waals surface area contributed by atoms with Gasteiger partial charge in [-0.05, 0) is 12.1 Å². The van der Waals surface area contributed by atoms with Gasteiger partial charge >= 0.3 is 5.69 Å². The molecule has 2 rings (SSSR count). The molecule has 0 aliphatic heterocycles. The first-order valence-corrected chi connectivity index (χ1v) is 5.03. The maximum Gasteiger partial charge on any atom is 0.342 e. The van der Waals surface area contributed by atoms with Crippen molar-refractivity contribution in [2.24, 2.45) is 0 Å². The minimum Gasteiger partial charge on any atom is -0.353 e. The summed E-state index contributed by atoms with van der Waals surface area (Å²) in [5.41, 5.74) is -2.34. The van der Waals surface area contributed by atoms with Gasteiger partial charge in [-0.25, -0.2) is 8.78 Å². The van der Waals surface area contributed by atoms with Crippen molar-refractivity contribution < 1.29 is 23.0 Å². The summed E-state index contributed by atoms with van der Waals surface area (Å²) < 4.78 is 31.4. The Balaban J connectivity index is 2.60. The highest BCUT2D eigenvalue weighted by Crippen LogP contribution is 2.26. The Morgan fingerprint density at radius 1 is 1.37 bits per heavy atom. The average Bonchev–Trinajstić information content (AvgIpc) is 2.70. The topological polar surface area (TPSA) is 86.2 Å². The van der Waals surface area contributed by atoms with Gasteiger partial charge in [-0.3, -0.25) is 14.9 Å². The molecule has 2 aromatic rings. The summed E-state index contributed by atoms with van der Waals surface area (Å²) in [6, 6.07) is 2.81. The first-order valence-electron chi connectivity index (χ1n) is 5.03. The third-order valence-electron chi connectivity index (χ3n) is 2.42. The Morgan fingerprint density at radius 2 is 1.95 bits per heavy atom. The highest BCUT2D eigenvalue weighted by Gasteiger charge is 2.32. The molecule has 1 heterocycles. The fourth-order valence-corrected chi connectivity index (χ4v) is 1.56. The summed E-state index contributed by atoms with van der Waals surface area (Å²) in [6.45, 7) is 1.22. The van der Waals surface area contributed by atoms with Crippen molar-refractivity contribution in [2.75, 3.05) is 0 Å². The van der Waals surface area contributed by atoms with Crippen LogP contribution in [0.1, 0.15) is 21.8 Å². The number of hydrogen-bond acceptors (Lipinski definition) is 5. The smallest absolute Gasteiger partial charge is 0.342 e.